The lowest BCUT2D eigenvalue weighted by Crippen LogP contribution is -2.53. The van der Waals surface area contributed by atoms with Crippen molar-refractivity contribution in [3.05, 3.63) is 101 Å². The maximum Gasteiger partial charge on any atom is 0.253 e. The van der Waals surface area contributed by atoms with Crippen LogP contribution in [0, 0.1) is 11.8 Å². The average molecular weight is 655 g/mol. The van der Waals surface area contributed by atoms with Crippen LogP contribution in [0.25, 0.3) is 0 Å². The number of unbranched alkanes of at least 4 members (excludes halogenated alkanes) is 1. The second-order valence-electron chi connectivity index (χ2n) is 12.0. The van der Waals surface area contributed by atoms with Gasteiger partial charge in [0.1, 0.15) is 5.75 Å². The first-order valence-electron chi connectivity index (χ1n) is 16.9. The fourth-order valence-corrected chi connectivity index (χ4v) is 5.45. The number of phenolic OH excluding ortho intramolecular Hbond substituents is 1. The highest BCUT2D eigenvalue weighted by Crippen LogP contribution is 2.17. The molecule has 3 amide bonds. The molecule has 256 valence electrons. The Morgan fingerprint density at radius 3 is 2.12 bits per heavy atom. The fraction of sp³-hybridized carbons (Fsp3) is 0.410. The standard InChI is InChI=1S/C39H50N4O5/c1-5-9-22-43(41-37(46)26-29-14-11-10-12-15-29)28-36(45)35(25-30-16-18-34(44)19-17-30)40-38(47)32-23-31(13-6-2)24-33(27-32)39(48)42(20-7-3)21-8-4/h10-12,14-19,23-24,27,35-36,44-45H,5,7-9,20-22,25-26,28H2,1-4H3,(H,40,47)(H,41,46). The van der Waals surface area contributed by atoms with Crippen molar-refractivity contribution in [2.24, 2.45) is 0 Å². The Morgan fingerprint density at radius 2 is 1.50 bits per heavy atom. The molecule has 0 spiro atoms. The highest BCUT2D eigenvalue weighted by Gasteiger charge is 2.26. The first-order chi connectivity index (χ1) is 23.2. The number of benzene rings is 3. The number of amides is 3. The summed E-state index contributed by atoms with van der Waals surface area (Å²) in [6.07, 6.45) is 2.68. The topological polar surface area (TPSA) is 122 Å². The summed E-state index contributed by atoms with van der Waals surface area (Å²) < 4.78 is 0. The van der Waals surface area contributed by atoms with Crippen molar-refractivity contribution in [2.75, 3.05) is 26.2 Å². The van der Waals surface area contributed by atoms with Gasteiger partial charge >= 0.3 is 0 Å². The minimum absolute atomic E-state index is 0.0671. The van der Waals surface area contributed by atoms with E-state index in [1.807, 2.05) is 51.1 Å². The first kappa shape index (κ1) is 37.8. The number of carbonyl (C=O) groups is 3. The van der Waals surface area contributed by atoms with Crippen LogP contribution in [0.3, 0.4) is 0 Å². The fourth-order valence-electron chi connectivity index (χ4n) is 5.45. The van der Waals surface area contributed by atoms with Gasteiger partial charge < -0.3 is 20.4 Å². The molecule has 2 unspecified atom stereocenters. The lowest BCUT2D eigenvalue weighted by molar-refractivity contribution is -0.126. The van der Waals surface area contributed by atoms with E-state index in [1.54, 1.807) is 59.3 Å². The molecule has 0 bridgehead atoms. The van der Waals surface area contributed by atoms with Crippen LogP contribution in [-0.4, -0.2) is 76.2 Å². The Balaban J connectivity index is 1.89. The van der Waals surface area contributed by atoms with Gasteiger partial charge in [0.2, 0.25) is 5.91 Å². The third kappa shape index (κ3) is 12.2. The Bertz CT molecular complexity index is 1530. The summed E-state index contributed by atoms with van der Waals surface area (Å²) in [4.78, 5) is 42.1. The highest BCUT2D eigenvalue weighted by molar-refractivity contribution is 6.00. The first-order valence-corrected chi connectivity index (χ1v) is 16.9. The van der Waals surface area contributed by atoms with E-state index in [0.29, 0.717) is 30.8 Å². The molecule has 9 nitrogen and oxygen atoms in total. The van der Waals surface area contributed by atoms with Gasteiger partial charge in [0.05, 0.1) is 18.6 Å². The molecule has 48 heavy (non-hydrogen) atoms. The number of rotatable bonds is 18. The van der Waals surface area contributed by atoms with Gasteiger partial charge in [-0.1, -0.05) is 75.6 Å². The zero-order valence-corrected chi connectivity index (χ0v) is 28.7. The maximum atomic E-state index is 13.9. The lowest BCUT2D eigenvalue weighted by atomic mass is 9.99. The van der Waals surface area contributed by atoms with E-state index < -0.39 is 18.1 Å². The molecular weight excluding hydrogens is 604 g/mol. The molecule has 0 aromatic heterocycles. The van der Waals surface area contributed by atoms with E-state index in [4.69, 9.17) is 0 Å². The predicted octanol–water partition coefficient (Wildman–Crippen LogP) is 5.10. The number of aliphatic hydroxyl groups is 1. The van der Waals surface area contributed by atoms with Gasteiger partial charge in [-0.15, -0.1) is 5.92 Å². The minimum Gasteiger partial charge on any atom is -0.508 e. The predicted molar refractivity (Wildman–Crippen MR) is 189 cm³/mol. The lowest BCUT2D eigenvalue weighted by Gasteiger charge is -2.30. The summed E-state index contributed by atoms with van der Waals surface area (Å²) in [6, 6.07) is 20.2. The van der Waals surface area contributed by atoms with Crippen LogP contribution in [0.2, 0.25) is 0 Å². The largest absolute Gasteiger partial charge is 0.508 e. The van der Waals surface area contributed by atoms with Gasteiger partial charge in [-0.3, -0.25) is 19.8 Å². The van der Waals surface area contributed by atoms with Crippen LogP contribution >= 0.6 is 0 Å². The van der Waals surface area contributed by atoms with Crippen LogP contribution in [0.1, 0.15) is 90.8 Å². The molecular formula is C39H50N4O5. The summed E-state index contributed by atoms with van der Waals surface area (Å²) in [5.74, 6) is 5.12. The Labute approximate surface area is 285 Å². The van der Waals surface area contributed by atoms with Gasteiger partial charge in [0, 0.05) is 42.9 Å². The van der Waals surface area contributed by atoms with Crippen molar-refractivity contribution in [1.82, 2.24) is 20.7 Å². The van der Waals surface area contributed by atoms with E-state index in [9.17, 15) is 24.6 Å². The molecule has 0 heterocycles. The van der Waals surface area contributed by atoms with E-state index in [0.717, 1.165) is 36.8 Å². The molecule has 0 saturated heterocycles. The third-order valence-electron chi connectivity index (χ3n) is 7.84. The Hall–Kier alpha value is -4.65. The second kappa shape index (κ2) is 19.9. The van der Waals surface area contributed by atoms with Crippen molar-refractivity contribution in [3.63, 3.8) is 0 Å². The van der Waals surface area contributed by atoms with Gasteiger partial charge in [-0.05, 0) is 74.1 Å². The van der Waals surface area contributed by atoms with Crippen molar-refractivity contribution < 1.29 is 24.6 Å². The highest BCUT2D eigenvalue weighted by atomic mass is 16.3. The SMILES string of the molecule is CC#Cc1cc(C(=O)NC(Cc2ccc(O)cc2)C(O)CN(CCCC)NC(=O)Cc2ccccc2)cc(C(=O)N(CCC)CCC)c1. The molecule has 0 fully saturated rings. The quantitative estimate of drug-likeness (QED) is 0.112. The molecule has 0 aliphatic rings. The normalized spacial score (nSPS) is 12.0. The van der Waals surface area contributed by atoms with Gasteiger partial charge in [0.25, 0.3) is 11.8 Å². The minimum atomic E-state index is -1.08. The number of hydrazine groups is 1. The van der Waals surface area contributed by atoms with Gasteiger partial charge in [0.15, 0.2) is 0 Å². The number of hydrogen-bond acceptors (Lipinski definition) is 6. The molecule has 0 radical (unpaired) electrons. The number of carbonyl (C=O) groups excluding carboxylic acids is 3. The van der Waals surface area contributed by atoms with Crippen LogP contribution in [0.4, 0.5) is 0 Å². The zero-order chi connectivity index (χ0) is 34.9. The summed E-state index contributed by atoms with van der Waals surface area (Å²) in [5, 5.41) is 26.2. The summed E-state index contributed by atoms with van der Waals surface area (Å²) in [6.45, 7) is 9.58. The molecule has 3 aromatic rings. The molecule has 0 aliphatic carbocycles. The van der Waals surface area contributed by atoms with E-state index in [2.05, 4.69) is 22.6 Å². The van der Waals surface area contributed by atoms with Crippen molar-refractivity contribution in [2.45, 2.75) is 78.4 Å². The maximum absolute atomic E-state index is 13.9. The number of hydrogen-bond donors (Lipinski definition) is 4. The second-order valence-corrected chi connectivity index (χ2v) is 12.0. The number of phenols is 1. The molecule has 0 aliphatic heterocycles. The zero-order valence-electron chi connectivity index (χ0n) is 28.7. The van der Waals surface area contributed by atoms with Crippen LogP contribution in [0.15, 0.2) is 72.8 Å². The molecule has 9 heteroatoms. The summed E-state index contributed by atoms with van der Waals surface area (Å²) in [5.41, 5.74) is 5.80. The van der Waals surface area contributed by atoms with Gasteiger partial charge in [-0.25, -0.2) is 5.01 Å². The van der Waals surface area contributed by atoms with Crippen LogP contribution < -0.4 is 10.7 Å². The van der Waals surface area contributed by atoms with Crippen molar-refractivity contribution in [3.8, 4) is 17.6 Å². The van der Waals surface area contributed by atoms with Crippen LogP contribution in [0.5, 0.6) is 5.75 Å². The van der Waals surface area contributed by atoms with Crippen molar-refractivity contribution >= 4 is 17.7 Å². The Morgan fingerprint density at radius 1 is 0.833 bits per heavy atom. The molecule has 2 atom stereocenters. The van der Waals surface area contributed by atoms with Crippen LogP contribution in [-0.2, 0) is 17.6 Å². The van der Waals surface area contributed by atoms with Crippen molar-refractivity contribution in [1.29, 1.82) is 0 Å². The monoisotopic (exact) mass is 654 g/mol. The number of nitrogens with one attached hydrogen (secondary N) is 2. The van der Waals surface area contributed by atoms with Gasteiger partial charge in [-0.2, -0.15) is 0 Å². The number of aromatic hydroxyl groups is 1. The van der Waals surface area contributed by atoms with E-state index in [1.165, 1.54) is 0 Å². The average Bonchev–Trinajstić information content (AvgIpc) is 3.07. The number of nitrogens with zero attached hydrogens (tertiary/aromatic N) is 2. The molecule has 3 aromatic carbocycles. The van der Waals surface area contributed by atoms with E-state index >= 15 is 0 Å². The van der Waals surface area contributed by atoms with E-state index in [-0.39, 0.29) is 42.5 Å². The molecule has 4 N–H and O–H groups in total. The molecule has 0 saturated carbocycles. The number of aliphatic hydroxyl groups excluding tert-OH is 1. The summed E-state index contributed by atoms with van der Waals surface area (Å²) >= 11 is 0. The summed E-state index contributed by atoms with van der Waals surface area (Å²) in [7, 11) is 0. The molecule has 3 rings (SSSR count). The third-order valence-corrected chi connectivity index (χ3v) is 7.84. The smallest absolute Gasteiger partial charge is 0.253 e. The Kier molecular flexibility index (Phi) is 15.7.